The molecule has 0 unspecified atom stereocenters. The maximum Gasteiger partial charge on any atom is 0.254 e. The van der Waals surface area contributed by atoms with Gasteiger partial charge in [-0.1, -0.05) is 5.16 Å². The number of nitrogens with two attached hydrogens (primary N) is 1. The third-order valence-electron chi connectivity index (χ3n) is 2.11. The molecule has 104 valence electrons. The van der Waals surface area contributed by atoms with E-state index in [2.05, 4.69) is 30.5 Å². The van der Waals surface area contributed by atoms with Gasteiger partial charge in [-0.2, -0.15) is 0 Å². The number of aromatic nitrogens is 5. The van der Waals surface area contributed by atoms with Crippen LogP contribution in [0.2, 0.25) is 0 Å². The smallest absolute Gasteiger partial charge is 0.254 e. The van der Waals surface area contributed by atoms with Crippen molar-refractivity contribution < 1.29 is 14.4 Å². The predicted octanol–water partition coefficient (Wildman–Crippen LogP) is -1.10. The molecule has 0 spiro atoms. The van der Waals surface area contributed by atoms with Crippen LogP contribution in [-0.4, -0.2) is 49.6 Å². The number of nitrogens with zero attached hydrogens (tertiary/aromatic N) is 6. The van der Waals surface area contributed by atoms with Crippen LogP contribution in [0.4, 0.5) is 5.13 Å². The van der Waals surface area contributed by atoms with Crippen molar-refractivity contribution in [3.05, 3.63) is 17.4 Å². The average Bonchev–Trinajstić information content (AvgIpc) is 3.07. The van der Waals surface area contributed by atoms with Gasteiger partial charge in [0.05, 0.1) is 0 Å². The number of Topliss-reactive ketones (excluding diaryl/α,β-unsaturated/α-hetero) is 2. The number of ketones is 2. The highest BCUT2D eigenvalue weighted by Crippen LogP contribution is 2.13. The fourth-order valence-electron chi connectivity index (χ4n) is 1.30. The van der Waals surface area contributed by atoms with E-state index >= 15 is 0 Å². The Hall–Kier alpha value is -2.69. The highest BCUT2D eigenvalue weighted by Gasteiger charge is 2.25. The van der Waals surface area contributed by atoms with Crippen LogP contribution >= 0.6 is 11.3 Å². The summed E-state index contributed by atoms with van der Waals surface area (Å²) in [6, 6.07) is 0. The topological polar surface area (TPSA) is 138 Å². The Bertz CT molecular complexity index is 648. The van der Waals surface area contributed by atoms with Crippen LogP contribution in [-0.2, 0) is 21.0 Å². The molecule has 0 bridgehead atoms. The first-order valence-corrected chi connectivity index (χ1v) is 6.10. The van der Waals surface area contributed by atoms with E-state index in [0.717, 1.165) is 16.0 Å². The van der Waals surface area contributed by atoms with E-state index < -0.39 is 11.6 Å². The van der Waals surface area contributed by atoms with Crippen molar-refractivity contribution in [3.8, 4) is 0 Å². The number of thiazole rings is 1. The quantitative estimate of drug-likeness (QED) is 0.402. The van der Waals surface area contributed by atoms with Gasteiger partial charge in [0.15, 0.2) is 10.8 Å². The van der Waals surface area contributed by atoms with E-state index in [1.54, 1.807) is 0 Å². The van der Waals surface area contributed by atoms with E-state index in [1.807, 2.05) is 0 Å². The molecule has 2 heterocycles. The SMILES string of the molecule is CON=C(C(=O)C(=O)Cn1cnnn1)c1csc(N)n1. The molecule has 0 aliphatic rings. The number of oxime groups is 1. The lowest BCUT2D eigenvalue weighted by atomic mass is 10.1. The Morgan fingerprint density at radius 1 is 1.55 bits per heavy atom. The first-order valence-electron chi connectivity index (χ1n) is 5.22. The van der Waals surface area contributed by atoms with E-state index in [-0.39, 0.29) is 23.1 Å². The minimum Gasteiger partial charge on any atom is -0.398 e. The fraction of sp³-hybridized carbons (Fsp3) is 0.222. The second kappa shape index (κ2) is 5.97. The van der Waals surface area contributed by atoms with Crippen molar-refractivity contribution in [1.29, 1.82) is 0 Å². The summed E-state index contributed by atoms with van der Waals surface area (Å²) in [4.78, 5) is 32.4. The van der Waals surface area contributed by atoms with Gasteiger partial charge in [-0.15, -0.1) is 16.4 Å². The third-order valence-corrected chi connectivity index (χ3v) is 2.79. The predicted molar refractivity (Wildman–Crippen MR) is 67.9 cm³/mol. The molecule has 0 saturated heterocycles. The van der Waals surface area contributed by atoms with Gasteiger partial charge in [0.1, 0.15) is 25.7 Å². The number of rotatable bonds is 6. The van der Waals surface area contributed by atoms with Crippen molar-refractivity contribution in [2.45, 2.75) is 6.54 Å². The summed E-state index contributed by atoms with van der Waals surface area (Å²) in [6.45, 7) is -0.297. The normalized spacial score (nSPS) is 11.3. The Balaban J connectivity index is 2.19. The molecular formula is C9H9N7O3S. The van der Waals surface area contributed by atoms with Crippen LogP contribution in [0.5, 0.6) is 0 Å². The van der Waals surface area contributed by atoms with E-state index in [9.17, 15) is 9.59 Å². The van der Waals surface area contributed by atoms with Crippen molar-refractivity contribution >= 4 is 33.7 Å². The van der Waals surface area contributed by atoms with E-state index in [4.69, 9.17) is 5.73 Å². The molecule has 0 aromatic carbocycles. The summed E-state index contributed by atoms with van der Waals surface area (Å²) < 4.78 is 1.13. The molecule has 0 saturated carbocycles. The largest absolute Gasteiger partial charge is 0.398 e. The highest BCUT2D eigenvalue weighted by molar-refractivity contribution is 7.13. The summed E-state index contributed by atoms with van der Waals surface area (Å²) in [5.41, 5.74) is 5.46. The van der Waals surface area contributed by atoms with Crippen LogP contribution < -0.4 is 5.73 Å². The first-order chi connectivity index (χ1) is 9.61. The molecule has 0 radical (unpaired) electrons. The maximum atomic E-state index is 12.1. The van der Waals surface area contributed by atoms with Gasteiger partial charge in [-0.25, -0.2) is 9.67 Å². The molecule has 0 aliphatic carbocycles. The van der Waals surface area contributed by atoms with Gasteiger partial charge in [0, 0.05) is 5.38 Å². The molecule has 2 aromatic heterocycles. The number of hydrogen-bond donors (Lipinski definition) is 1. The van der Waals surface area contributed by atoms with Gasteiger partial charge in [-0.3, -0.25) is 9.59 Å². The lowest BCUT2D eigenvalue weighted by molar-refractivity contribution is -0.133. The van der Waals surface area contributed by atoms with Crippen LogP contribution in [0.1, 0.15) is 5.69 Å². The minimum atomic E-state index is -0.854. The maximum absolute atomic E-state index is 12.1. The van der Waals surface area contributed by atoms with Gasteiger partial charge in [0.25, 0.3) is 5.78 Å². The van der Waals surface area contributed by atoms with Crippen LogP contribution in [0.3, 0.4) is 0 Å². The van der Waals surface area contributed by atoms with Crippen LogP contribution in [0.15, 0.2) is 16.9 Å². The monoisotopic (exact) mass is 295 g/mol. The molecule has 2 aromatic rings. The third kappa shape index (κ3) is 3.00. The van der Waals surface area contributed by atoms with Crippen LogP contribution in [0, 0.1) is 0 Å². The van der Waals surface area contributed by atoms with Crippen molar-refractivity contribution in [3.63, 3.8) is 0 Å². The van der Waals surface area contributed by atoms with Crippen molar-refractivity contribution in [2.24, 2.45) is 5.16 Å². The lowest BCUT2D eigenvalue weighted by Gasteiger charge is -2.01. The number of carbonyl (C=O) groups excluding carboxylic acids is 2. The van der Waals surface area contributed by atoms with Crippen molar-refractivity contribution in [1.82, 2.24) is 25.2 Å². The molecule has 2 rings (SSSR count). The summed E-state index contributed by atoms with van der Waals surface area (Å²) in [7, 11) is 1.26. The lowest BCUT2D eigenvalue weighted by Crippen LogP contribution is -2.29. The minimum absolute atomic E-state index is 0.185. The molecule has 0 aliphatic heterocycles. The average molecular weight is 295 g/mol. The van der Waals surface area contributed by atoms with Gasteiger partial charge in [-0.05, 0) is 10.4 Å². The summed E-state index contributed by atoms with van der Waals surface area (Å²) in [5, 5.41) is 15.5. The standard InChI is InChI=1S/C9H9N7O3S/c1-19-13-7(5-3-20-9(10)12-5)8(18)6(17)2-16-4-11-14-15-16/h3-4H,2H2,1H3,(H2,10,12). The number of anilines is 1. The molecular weight excluding hydrogens is 286 g/mol. The summed E-state index contributed by atoms with van der Waals surface area (Å²) >= 11 is 1.12. The Kier molecular flexibility index (Phi) is 4.10. The van der Waals surface area contributed by atoms with Gasteiger partial charge < -0.3 is 10.6 Å². The highest BCUT2D eigenvalue weighted by atomic mass is 32.1. The molecule has 10 nitrogen and oxygen atoms in total. The first kappa shape index (κ1) is 13.7. The van der Waals surface area contributed by atoms with Gasteiger partial charge >= 0.3 is 0 Å². The zero-order chi connectivity index (χ0) is 14.5. The Morgan fingerprint density at radius 2 is 2.35 bits per heavy atom. The Morgan fingerprint density at radius 3 is 2.90 bits per heavy atom. The number of tetrazole rings is 1. The second-order valence-electron chi connectivity index (χ2n) is 3.45. The zero-order valence-electron chi connectivity index (χ0n) is 10.3. The molecule has 2 N–H and O–H groups in total. The van der Waals surface area contributed by atoms with E-state index in [0.29, 0.717) is 0 Å². The number of nitrogen functional groups attached to an aromatic ring is 1. The fourth-order valence-corrected chi connectivity index (χ4v) is 1.84. The van der Waals surface area contributed by atoms with Gasteiger partial charge in [0.2, 0.25) is 5.78 Å². The second-order valence-corrected chi connectivity index (χ2v) is 4.34. The van der Waals surface area contributed by atoms with E-state index in [1.165, 1.54) is 18.8 Å². The summed E-state index contributed by atoms with van der Waals surface area (Å²) in [6.07, 6.45) is 1.22. The molecule has 11 heteroatoms. The molecule has 20 heavy (non-hydrogen) atoms. The molecule has 0 fully saturated rings. The zero-order valence-corrected chi connectivity index (χ0v) is 11.1. The molecule has 0 amide bonds. The van der Waals surface area contributed by atoms with Crippen LogP contribution in [0.25, 0.3) is 0 Å². The van der Waals surface area contributed by atoms with Crippen molar-refractivity contribution in [2.75, 3.05) is 12.8 Å². The summed E-state index contributed by atoms with van der Waals surface area (Å²) in [5.74, 6) is -1.60. The molecule has 0 atom stereocenters. The number of hydrogen-bond acceptors (Lipinski definition) is 10. The Labute approximate surface area is 116 Å². The number of carbonyl (C=O) groups is 2.